The van der Waals surface area contributed by atoms with Gasteiger partial charge in [-0.15, -0.1) is 0 Å². The van der Waals surface area contributed by atoms with Gasteiger partial charge in [0.25, 0.3) is 0 Å². The van der Waals surface area contributed by atoms with Crippen LogP contribution in [0.3, 0.4) is 0 Å². The average molecular weight is 343 g/mol. The van der Waals surface area contributed by atoms with Crippen molar-refractivity contribution in [1.82, 2.24) is 0 Å². The summed E-state index contributed by atoms with van der Waals surface area (Å²) in [5, 5.41) is 0. The van der Waals surface area contributed by atoms with Crippen LogP contribution < -0.4 is 10.5 Å². The lowest BCUT2D eigenvalue weighted by Crippen LogP contribution is -2.30. The Morgan fingerprint density at radius 2 is 1.88 bits per heavy atom. The van der Waals surface area contributed by atoms with Crippen LogP contribution in [-0.4, -0.2) is 17.8 Å². The third kappa shape index (κ3) is 4.42. The molecule has 136 valence electrons. The number of benzene rings is 1. The molecule has 25 heavy (non-hydrogen) atoms. The predicted molar refractivity (Wildman–Crippen MR) is 97.8 cm³/mol. The fraction of sp³-hybridized carbons (Fsp3) is 0.619. The number of amides is 1. The monoisotopic (exact) mass is 343 g/mol. The molecule has 2 aliphatic carbocycles. The van der Waals surface area contributed by atoms with E-state index in [9.17, 15) is 9.59 Å². The lowest BCUT2D eigenvalue weighted by Gasteiger charge is -2.27. The van der Waals surface area contributed by atoms with Crippen LogP contribution >= 0.6 is 0 Å². The zero-order valence-corrected chi connectivity index (χ0v) is 15.5. The molecule has 4 nitrogen and oxygen atoms in total. The molecule has 2 aliphatic rings. The second-order valence-electron chi connectivity index (χ2n) is 8.36. The van der Waals surface area contributed by atoms with Gasteiger partial charge in [0.1, 0.15) is 5.75 Å². The van der Waals surface area contributed by atoms with E-state index in [-0.39, 0.29) is 29.6 Å². The summed E-state index contributed by atoms with van der Waals surface area (Å²) in [7, 11) is 0. The minimum atomic E-state index is -0.324. The molecule has 0 radical (unpaired) electrons. The average Bonchev–Trinajstić information content (AvgIpc) is 3.37. The van der Waals surface area contributed by atoms with Crippen LogP contribution in [0.15, 0.2) is 18.2 Å². The van der Waals surface area contributed by atoms with E-state index in [1.807, 2.05) is 39.0 Å². The highest BCUT2D eigenvalue weighted by Gasteiger charge is 2.43. The Kier molecular flexibility index (Phi) is 4.90. The minimum Gasteiger partial charge on any atom is -0.491 e. The summed E-state index contributed by atoms with van der Waals surface area (Å²) in [6.07, 6.45) is 5.28. The zero-order valence-electron chi connectivity index (χ0n) is 15.5. The molecular weight excluding hydrogens is 314 g/mol. The summed E-state index contributed by atoms with van der Waals surface area (Å²) >= 11 is 0. The molecule has 1 aromatic carbocycles. The van der Waals surface area contributed by atoms with Gasteiger partial charge in [-0.05, 0) is 68.4 Å². The molecule has 1 atom stereocenters. The van der Waals surface area contributed by atoms with Crippen molar-refractivity contribution in [2.75, 3.05) is 0 Å². The largest absolute Gasteiger partial charge is 0.491 e. The third-order valence-electron chi connectivity index (χ3n) is 5.42. The molecule has 0 bridgehead atoms. The highest BCUT2D eigenvalue weighted by Crippen LogP contribution is 2.50. The van der Waals surface area contributed by atoms with E-state index in [1.165, 1.54) is 18.4 Å². The van der Waals surface area contributed by atoms with Crippen LogP contribution in [-0.2, 0) is 4.79 Å². The maximum absolute atomic E-state index is 12.9. The van der Waals surface area contributed by atoms with Crippen LogP contribution in [0.5, 0.6) is 5.75 Å². The molecule has 3 rings (SSSR count). The summed E-state index contributed by atoms with van der Waals surface area (Å²) in [4.78, 5) is 24.4. The Morgan fingerprint density at radius 3 is 2.40 bits per heavy atom. The molecule has 0 aromatic heterocycles. The lowest BCUT2D eigenvalue weighted by molar-refractivity contribution is -0.120. The second-order valence-corrected chi connectivity index (χ2v) is 8.36. The number of rotatable bonds is 9. The van der Waals surface area contributed by atoms with Gasteiger partial charge in [0.15, 0.2) is 5.78 Å². The van der Waals surface area contributed by atoms with Gasteiger partial charge in [0.2, 0.25) is 5.91 Å². The van der Waals surface area contributed by atoms with Crippen LogP contribution in [0.25, 0.3) is 0 Å². The number of hydrogen-bond donors (Lipinski definition) is 1. The second kappa shape index (κ2) is 6.81. The van der Waals surface area contributed by atoms with Crippen molar-refractivity contribution in [3.8, 4) is 5.75 Å². The van der Waals surface area contributed by atoms with Gasteiger partial charge in [-0.2, -0.15) is 0 Å². The SMILES string of the molecule is CC(C)Oc1cc(C(=O)C[C@@](C)(CC(N)=O)C2CC2)ccc1C1CC1. The highest BCUT2D eigenvalue weighted by atomic mass is 16.5. The molecular formula is C21H29NO3. The van der Waals surface area contributed by atoms with Gasteiger partial charge in [-0.3, -0.25) is 9.59 Å². The van der Waals surface area contributed by atoms with Crippen LogP contribution in [0, 0.1) is 11.3 Å². The van der Waals surface area contributed by atoms with E-state index in [0.717, 1.165) is 18.6 Å². The molecule has 0 unspecified atom stereocenters. The van der Waals surface area contributed by atoms with Gasteiger partial charge in [-0.1, -0.05) is 19.1 Å². The van der Waals surface area contributed by atoms with Crippen molar-refractivity contribution < 1.29 is 14.3 Å². The van der Waals surface area contributed by atoms with Gasteiger partial charge >= 0.3 is 0 Å². The summed E-state index contributed by atoms with van der Waals surface area (Å²) in [6.45, 7) is 6.03. The number of nitrogens with two attached hydrogens (primary N) is 1. The summed E-state index contributed by atoms with van der Waals surface area (Å²) in [6, 6.07) is 5.86. The Hall–Kier alpha value is -1.84. The summed E-state index contributed by atoms with van der Waals surface area (Å²) in [5.74, 6) is 1.60. The maximum atomic E-state index is 12.9. The molecule has 0 aliphatic heterocycles. The van der Waals surface area contributed by atoms with Crippen molar-refractivity contribution in [3.63, 3.8) is 0 Å². The molecule has 2 N–H and O–H groups in total. The number of ketones is 1. The van der Waals surface area contributed by atoms with Gasteiger partial charge in [0.05, 0.1) is 6.10 Å². The fourth-order valence-corrected chi connectivity index (χ4v) is 3.79. The number of Topliss-reactive ketones (excluding diaryl/α,β-unsaturated/α-hetero) is 1. The number of hydrogen-bond acceptors (Lipinski definition) is 3. The quantitative estimate of drug-likeness (QED) is 0.683. The first-order chi connectivity index (χ1) is 11.8. The van der Waals surface area contributed by atoms with E-state index in [4.69, 9.17) is 10.5 Å². The van der Waals surface area contributed by atoms with Gasteiger partial charge in [0, 0.05) is 18.4 Å². The first-order valence-electron chi connectivity index (χ1n) is 9.40. The first-order valence-corrected chi connectivity index (χ1v) is 9.40. The van der Waals surface area contributed by atoms with Crippen LogP contribution in [0.2, 0.25) is 0 Å². The fourth-order valence-electron chi connectivity index (χ4n) is 3.79. The summed E-state index contributed by atoms with van der Waals surface area (Å²) < 4.78 is 5.97. The van der Waals surface area contributed by atoms with Gasteiger partial charge in [-0.25, -0.2) is 0 Å². The Morgan fingerprint density at radius 1 is 1.20 bits per heavy atom. The molecule has 2 saturated carbocycles. The zero-order chi connectivity index (χ0) is 18.2. The molecule has 1 aromatic rings. The normalized spacial score (nSPS) is 19.5. The first kappa shape index (κ1) is 18.0. The Balaban J connectivity index is 1.80. The minimum absolute atomic E-state index is 0.0756. The van der Waals surface area contributed by atoms with Crippen molar-refractivity contribution in [2.45, 2.75) is 71.3 Å². The predicted octanol–water partition coefficient (Wildman–Crippen LogP) is 4.22. The highest BCUT2D eigenvalue weighted by molar-refractivity contribution is 5.97. The molecule has 0 heterocycles. The van der Waals surface area contributed by atoms with E-state index in [0.29, 0.717) is 23.8 Å². The molecule has 0 saturated heterocycles. The molecule has 2 fully saturated rings. The number of carbonyl (C=O) groups is 2. The van der Waals surface area contributed by atoms with E-state index in [2.05, 4.69) is 0 Å². The number of primary amides is 1. The number of ether oxygens (including phenoxy) is 1. The van der Waals surface area contributed by atoms with E-state index >= 15 is 0 Å². The maximum Gasteiger partial charge on any atom is 0.217 e. The van der Waals surface area contributed by atoms with Crippen molar-refractivity contribution in [1.29, 1.82) is 0 Å². The van der Waals surface area contributed by atoms with Crippen molar-refractivity contribution >= 4 is 11.7 Å². The van der Waals surface area contributed by atoms with Crippen LogP contribution in [0.1, 0.15) is 81.1 Å². The smallest absolute Gasteiger partial charge is 0.217 e. The van der Waals surface area contributed by atoms with E-state index in [1.54, 1.807) is 0 Å². The standard InChI is InChI=1S/C21H29NO3/c1-13(2)25-19-10-15(6-9-17(19)14-4-5-14)18(23)11-21(3,12-20(22)24)16-7-8-16/h6,9-10,13-14,16H,4-5,7-8,11-12H2,1-3H3,(H2,22,24)/t21-/m0/s1. The topological polar surface area (TPSA) is 69.4 Å². The van der Waals surface area contributed by atoms with Crippen molar-refractivity contribution in [3.05, 3.63) is 29.3 Å². The number of carbonyl (C=O) groups excluding carboxylic acids is 2. The summed E-state index contributed by atoms with van der Waals surface area (Å²) in [5.41, 5.74) is 7.00. The Bertz CT molecular complexity index is 674. The molecule has 4 heteroatoms. The molecule has 1 amide bonds. The van der Waals surface area contributed by atoms with Gasteiger partial charge < -0.3 is 10.5 Å². The van der Waals surface area contributed by atoms with E-state index < -0.39 is 0 Å². The van der Waals surface area contributed by atoms with Crippen LogP contribution in [0.4, 0.5) is 0 Å². The van der Waals surface area contributed by atoms with Crippen molar-refractivity contribution in [2.24, 2.45) is 17.1 Å². The third-order valence-corrected chi connectivity index (χ3v) is 5.42. The molecule has 0 spiro atoms. The Labute approximate surface area is 150 Å². The lowest BCUT2D eigenvalue weighted by atomic mass is 9.76.